The van der Waals surface area contributed by atoms with Gasteiger partial charge in [0.05, 0.1) is 19.0 Å². The van der Waals surface area contributed by atoms with Crippen molar-refractivity contribution in [2.45, 2.75) is 32.9 Å². The molecule has 102 valence electrons. The average Bonchev–Trinajstić information content (AvgIpc) is 2.81. The fourth-order valence-corrected chi connectivity index (χ4v) is 1.97. The Kier molecular flexibility index (Phi) is 4.11. The molecule has 0 saturated carbocycles. The van der Waals surface area contributed by atoms with Crippen LogP contribution in [0.15, 0.2) is 18.5 Å². The predicted octanol–water partition coefficient (Wildman–Crippen LogP) is 1.48. The maximum Gasteiger partial charge on any atom is 0.163 e. The fourth-order valence-electron chi connectivity index (χ4n) is 1.97. The Hall–Kier alpha value is -1.95. The zero-order valence-corrected chi connectivity index (χ0v) is 11.4. The minimum absolute atomic E-state index is 0.545. The molecule has 0 aliphatic carbocycles. The summed E-state index contributed by atoms with van der Waals surface area (Å²) < 4.78 is 7.01. The van der Waals surface area contributed by atoms with Crippen molar-refractivity contribution in [2.75, 3.05) is 7.11 Å². The lowest BCUT2D eigenvalue weighted by atomic mass is 10.1. The van der Waals surface area contributed by atoms with Crippen molar-refractivity contribution in [1.82, 2.24) is 19.7 Å². The number of ether oxygens (including phenoxy) is 1. The van der Waals surface area contributed by atoms with Gasteiger partial charge in [-0.2, -0.15) is 5.10 Å². The van der Waals surface area contributed by atoms with Crippen LogP contribution in [0.3, 0.4) is 0 Å². The van der Waals surface area contributed by atoms with Gasteiger partial charge in [-0.15, -0.1) is 0 Å². The van der Waals surface area contributed by atoms with E-state index < -0.39 is 6.10 Å². The molecular formula is C13H18N4O2. The van der Waals surface area contributed by atoms with E-state index in [0.29, 0.717) is 23.0 Å². The Balaban J connectivity index is 2.41. The first-order valence-electron chi connectivity index (χ1n) is 6.24. The first-order chi connectivity index (χ1) is 9.17. The van der Waals surface area contributed by atoms with Crippen LogP contribution in [0, 0.1) is 6.92 Å². The lowest BCUT2D eigenvalue weighted by Gasteiger charge is -2.14. The normalized spacial score (nSPS) is 12.4. The summed E-state index contributed by atoms with van der Waals surface area (Å²) in [5, 5.41) is 14.7. The second-order valence-electron chi connectivity index (χ2n) is 4.25. The molecule has 0 aliphatic heterocycles. The number of aromatic nitrogens is 4. The number of aliphatic hydroxyl groups excluding tert-OH is 1. The van der Waals surface area contributed by atoms with Crippen molar-refractivity contribution in [2.24, 2.45) is 0 Å². The SMILES string of the molecule is CCCn1ncc(OC)c1C(O)c1ccnc(C)n1. The molecular weight excluding hydrogens is 244 g/mol. The molecule has 0 spiro atoms. The van der Waals surface area contributed by atoms with Crippen molar-refractivity contribution < 1.29 is 9.84 Å². The molecule has 0 fully saturated rings. The number of hydrogen-bond donors (Lipinski definition) is 1. The van der Waals surface area contributed by atoms with Gasteiger partial charge in [0, 0.05) is 12.7 Å². The number of aliphatic hydroxyl groups is 1. The van der Waals surface area contributed by atoms with Crippen LogP contribution < -0.4 is 4.74 Å². The van der Waals surface area contributed by atoms with Crippen LogP contribution in [-0.2, 0) is 6.54 Å². The first-order valence-corrected chi connectivity index (χ1v) is 6.24. The number of methoxy groups -OCH3 is 1. The Bertz CT molecular complexity index is 553. The highest BCUT2D eigenvalue weighted by atomic mass is 16.5. The van der Waals surface area contributed by atoms with Gasteiger partial charge in [0.1, 0.15) is 17.6 Å². The molecule has 2 aromatic rings. The standard InChI is InChI=1S/C13H18N4O2/c1-4-7-17-12(11(19-3)8-15-17)13(18)10-5-6-14-9(2)16-10/h5-6,8,13,18H,4,7H2,1-3H3. The van der Waals surface area contributed by atoms with Gasteiger partial charge in [-0.1, -0.05) is 6.92 Å². The first kappa shape index (κ1) is 13.5. The smallest absolute Gasteiger partial charge is 0.163 e. The molecule has 0 aromatic carbocycles. The Morgan fingerprint density at radius 2 is 2.26 bits per heavy atom. The predicted molar refractivity (Wildman–Crippen MR) is 69.9 cm³/mol. The highest BCUT2D eigenvalue weighted by Gasteiger charge is 2.22. The van der Waals surface area contributed by atoms with E-state index in [1.807, 2.05) is 0 Å². The molecule has 6 nitrogen and oxygen atoms in total. The van der Waals surface area contributed by atoms with Gasteiger partial charge in [-0.25, -0.2) is 9.97 Å². The van der Waals surface area contributed by atoms with Crippen LogP contribution >= 0.6 is 0 Å². The molecule has 2 aromatic heterocycles. The molecule has 2 rings (SSSR count). The van der Waals surface area contributed by atoms with Gasteiger partial charge in [-0.05, 0) is 19.4 Å². The molecule has 0 aliphatic rings. The van der Waals surface area contributed by atoms with Crippen molar-refractivity contribution in [3.05, 3.63) is 35.7 Å². The third-order valence-electron chi connectivity index (χ3n) is 2.84. The summed E-state index contributed by atoms with van der Waals surface area (Å²) in [6.45, 7) is 4.57. The summed E-state index contributed by atoms with van der Waals surface area (Å²) in [5.74, 6) is 1.19. The van der Waals surface area contributed by atoms with E-state index in [0.717, 1.165) is 13.0 Å². The van der Waals surface area contributed by atoms with Gasteiger partial charge >= 0.3 is 0 Å². The van der Waals surface area contributed by atoms with E-state index in [1.54, 1.807) is 37.2 Å². The molecule has 19 heavy (non-hydrogen) atoms. The minimum atomic E-state index is -0.870. The topological polar surface area (TPSA) is 73.1 Å². The van der Waals surface area contributed by atoms with Crippen molar-refractivity contribution in [3.8, 4) is 5.75 Å². The quantitative estimate of drug-likeness (QED) is 0.883. The van der Waals surface area contributed by atoms with E-state index in [-0.39, 0.29) is 0 Å². The largest absolute Gasteiger partial charge is 0.493 e. The zero-order chi connectivity index (χ0) is 13.8. The molecule has 6 heteroatoms. The average molecular weight is 262 g/mol. The molecule has 0 radical (unpaired) electrons. The third-order valence-corrected chi connectivity index (χ3v) is 2.84. The van der Waals surface area contributed by atoms with Gasteiger partial charge in [0.2, 0.25) is 0 Å². The Morgan fingerprint density at radius 1 is 1.47 bits per heavy atom. The minimum Gasteiger partial charge on any atom is -0.493 e. The second kappa shape index (κ2) is 5.79. The monoisotopic (exact) mass is 262 g/mol. The summed E-state index contributed by atoms with van der Waals surface area (Å²) in [4.78, 5) is 8.28. The summed E-state index contributed by atoms with van der Waals surface area (Å²) in [6, 6.07) is 1.69. The van der Waals surface area contributed by atoms with E-state index in [4.69, 9.17) is 4.74 Å². The third kappa shape index (κ3) is 2.73. The maximum atomic E-state index is 10.5. The molecule has 0 amide bonds. The van der Waals surface area contributed by atoms with Crippen LogP contribution in [0.5, 0.6) is 5.75 Å². The maximum absolute atomic E-state index is 10.5. The van der Waals surface area contributed by atoms with Gasteiger partial charge < -0.3 is 9.84 Å². The Labute approximate surface area is 112 Å². The molecule has 1 N–H and O–H groups in total. The lowest BCUT2D eigenvalue weighted by molar-refractivity contribution is 0.197. The summed E-state index contributed by atoms with van der Waals surface area (Å²) in [6.07, 6.45) is 3.30. The van der Waals surface area contributed by atoms with Crippen LogP contribution in [0.4, 0.5) is 0 Å². The number of rotatable bonds is 5. The highest BCUT2D eigenvalue weighted by molar-refractivity contribution is 5.32. The van der Waals surface area contributed by atoms with Crippen molar-refractivity contribution in [3.63, 3.8) is 0 Å². The van der Waals surface area contributed by atoms with Gasteiger partial charge in [0.15, 0.2) is 5.75 Å². The van der Waals surface area contributed by atoms with Crippen LogP contribution in [-0.4, -0.2) is 32.0 Å². The molecule has 1 atom stereocenters. The van der Waals surface area contributed by atoms with Crippen LogP contribution in [0.25, 0.3) is 0 Å². The second-order valence-corrected chi connectivity index (χ2v) is 4.25. The number of nitrogens with zero attached hydrogens (tertiary/aromatic N) is 4. The van der Waals surface area contributed by atoms with Crippen LogP contribution in [0.1, 0.15) is 36.7 Å². The number of aryl methyl sites for hydroxylation is 2. The van der Waals surface area contributed by atoms with E-state index >= 15 is 0 Å². The van der Waals surface area contributed by atoms with Gasteiger partial charge in [0.25, 0.3) is 0 Å². The summed E-state index contributed by atoms with van der Waals surface area (Å²) >= 11 is 0. The lowest BCUT2D eigenvalue weighted by Crippen LogP contribution is -2.12. The van der Waals surface area contributed by atoms with E-state index in [2.05, 4.69) is 22.0 Å². The van der Waals surface area contributed by atoms with E-state index in [9.17, 15) is 5.11 Å². The summed E-state index contributed by atoms with van der Waals surface area (Å²) in [7, 11) is 1.56. The number of hydrogen-bond acceptors (Lipinski definition) is 5. The fraction of sp³-hybridized carbons (Fsp3) is 0.462. The van der Waals surface area contributed by atoms with Crippen LogP contribution in [0.2, 0.25) is 0 Å². The van der Waals surface area contributed by atoms with Crippen molar-refractivity contribution in [1.29, 1.82) is 0 Å². The van der Waals surface area contributed by atoms with Gasteiger partial charge in [-0.3, -0.25) is 4.68 Å². The zero-order valence-electron chi connectivity index (χ0n) is 11.4. The van der Waals surface area contributed by atoms with Crippen molar-refractivity contribution >= 4 is 0 Å². The summed E-state index contributed by atoms with van der Waals surface area (Å²) in [5.41, 5.74) is 1.17. The molecule has 0 saturated heterocycles. The highest BCUT2D eigenvalue weighted by Crippen LogP contribution is 2.28. The Morgan fingerprint density at radius 3 is 2.89 bits per heavy atom. The van der Waals surface area contributed by atoms with E-state index in [1.165, 1.54) is 0 Å². The molecule has 1 unspecified atom stereocenters. The molecule has 0 bridgehead atoms. The molecule has 2 heterocycles.